The summed E-state index contributed by atoms with van der Waals surface area (Å²) in [5.41, 5.74) is -0.237. The van der Waals surface area contributed by atoms with Crippen molar-refractivity contribution in [2.75, 3.05) is 26.2 Å². The number of hydrogen-bond acceptors (Lipinski definition) is 3. The average Bonchev–Trinajstić information content (AvgIpc) is 2.39. The van der Waals surface area contributed by atoms with E-state index in [1.807, 2.05) is 0 Å². The monoisotopic (exact) mass is 294 g/mol. The lowest BCUT2D eigenvalue weighted by molar-refractivity contribution is 0.0168. The van der Waals surface area contributed by atoms with Crippen LogP contribution in [0.5, 0.6) is 5.75 Å². The van der Waals surface area contributed by atoms with E-state index >= 15 is 0 Å². The highest BCUT2D eigenvalue weighted by atomic mass is 35.5. The van der Waals surface area contributed by atoms with Crippen LogP contribution in [0.1, 0.15) is 11.6 Å². The third-order valence-corrected chi connectivity index (χ3v) is 3.52. The Morgan fingerprint density at radius 2 is 1.89 bits per heavy atom. The van der Waals surface area contributed by atoms with Crippen LogP contribution >= 0.6 is 11.6 Å². The molecule has 1 fully saturated rings. The molecule has 1 aliphatic heterocycles. The summed E-state index contributed by atoms with van der Waals surface area (Å²) in [7, 11) is 0. The second-order valence-corrected chi connectivity index (χ2v) is 4.76. The number of nitrogens with zero attached hydrogens (tertiary/aromatic N) is 1. The number of halogens is 4. The third-order valence-electron chi connectivity index (χ3n) is 3.19. The Morgan fingerprint density at radius 1 is 1.26 bits per heavy atom. The fraction of sp³-hybridized carbons (Fsp3) is 0.500. The van der Waals surface area contributed by atoms with Gasteiger partial charge in [0.05, 0.1) is 0 Å². The zero-order valence-corrected chi connectivity index (χ0v) is 10.8. The van der Waals surface area contributed by atoms with Gasteiger partial charge in [0.2, 0.25) is 0 Å². The van der Waals surface area contributed by atoms with E-state index in [0.29, 0.717) is 26.2 Å². The second-order valence-electron chi connectivity index (χ2n) is 4.36. The molecule has 0 amide bonds. The zero-order chi connectivity index (χ0) is 14.0. The number of hydrogen-bond donors (Lipinski definition) is 2. The Kier molecular flexibility index (Phi) is 4.54. The Labute approximate surface area is 114 Å². The fourth-order valence-corrected chi connectivity index (χ4v) is 2.53. The summed E-state index contributed by atoms with van der Waals surface area (Å²) in [4.78, 5) is 1.50. The number of aromatic hydroxyl groups is 1. The van der Waals surface area contributed by atoms with Crippen molar-refractivity contribution in [3.05, 3.63) is 28.5 Å². The van der Waals surface area contributed by atoms with Gasteiger partial charge in [0.15, 0.2) is 11.6 Å². The van der Waals surface area contributed by atoms with Crippen molar-refractivity contribution in [1.82, 2.24) is 10.2 Å². The molecule has 0 bridgehead atoms. The van der Waals surface area contributed by atoms with Crippen LogP contribution in [0, 0.1) is 5.82 Å². The van der Waals surface area contributed by atoms with E-state index < -0.39 is 24.0 Å². The van der Waals surface area contributed by atoms with Gasteiger partial charge in [-0.3, -0.25) is 4.90 Å². The van der Waals surface area contributed by atoms with Crippen molar-refractivity contribution in [2.24, 2.45) is 0 Å². The van der Waals surface area contributed by atoms with E-state index in [9.17, 15) is 18.3 Å². The number of phenols is 1. The quantitative estimate of drug-likeness (QED) is 0.898. The van der Waals surface area contributed by atoms with Crippen LogP contribution in [-0.4, -0.2) is 42.6 Å². The number of benzene rings is 1. The molecule has 19 heavy (non-hydrogen) atoms. The molecule has 0 aliphatic carbocycles. The minimum atomic E-state index is -2.76. The lowest BCUT2D eigenvalue weighted by Gasteiger charge is -2.35. The largest absolute Gasteiger partial charge is 0.505 e. The van der Waals surface area contributed by atoms with Gasteiger partial charge in [0.1, 0.15) is 6.04 Å². The topological polar surface area (TPSA) is 35.5 Å². The molecule has 1 atom stereocenters. The van der Waals surface area contributed by atoms with E-state index in [1.165, 1.54) is 11.0 Å². The minimum absolute atomic E-state index is 0.0530. The maximum atomic E-state index is 13.4. The molecule has 3 nitrogen and oxygen atoms in total. The van der Waals surface area contributed by atoms with Crippen LogP contribution in [0.4, 0.5) is 13.2 Å². The number of phenolic OH excluding ortho intramolecular Hbond substituents is 1. The third kappa shape index (κ3) is 2.96. The van der Waals surface area contributed by atoms with Crippen molar-refractivity contribution in [2.45, 2.75) is 12.5 Å². The molecule has 2 N–H and O–H groups in total. The fourth-order valence-electron chi connectivity index (χ4n) is 2.27. The summed E-state index contributed by atoms with van der Waals surface area (Å²) in [6.07, 6.45) is -2.76. The summed E-state index contributed by atoms with van der Waals surface area (Å²) in [5.74, 6) is -1.74. The van der Waals surface area contributed by atoms with E-state index in [1.54, 1.807) is 0 Å². The molecule has 0 saturated carbocycles. The van der Waals surface area contributed by atoms with Gasteiger partial charge in [-0.2, -0.15) is 0 Å². The van der Waals surface area contributed by atoms with Gasteiger partial charge in [0, 0.05) is 36.8 Å². The molecular formula is C12H14ClF3N2O. The Bertz CT molecular complexity index is 453. The van der Waals surface area contributed by atoms with Gasteiger partial charge in [-0.25, -0.2) is 13.2 Å². The molecule has 1 aliphatic rings. The average molecular weight is 295 g/mol. The number of alkyl halides is 2. The highest BCUT2D eigenvalue weighted by molar-refractivity contribution is 6.31. The van der Waals surface area contributed by atoms with Crippen molar-refractivity contribution >= 4 is 11.6 Å². The lowest BCUT2D eigenvalue weighted by Crippen LogP contribution is -2.47. The maximum absolute atomic E-state index is 13.4. The zero-order valence-electron chi connectivity index (χ0n) is 10.0. The molecule has 7 heteroatoms. The van der Waals surface area contributed by atoms with E-state index in [2.05, 4.69) is 5.32 Å². The van der Waals surface area contributed by atoms with Gasteiger partial charge < -0.3 is 10.4 Å². The number of rotatable bonds is 3. The first-order valence-electron chi connectivity index (χ1n) is 5.92. The number of nitrogens with one attached hydrogen (secondary N) is 1. The molecule has 0 aromatic heterocycles. The first-order valence-corrected chi connectivity index (χ1v) is 6.30. The number of piperazine rings is 1. The molecule has 1 aromatic carbocycles. The highest BCUT2D eigenvalue weighted by Gasteiger charge is 2.34. The van der Waals surface area contributed by atoms with E-state index in [0.717, 1.165) is 6.07 Å². The molecule has 1 aromatic rings. The summed E-state index contributed by atoms with van der Waals surface area (Å²) >= 11 is 5.86. The van der Waals surface area contributed by atoms with Gasteiger partial charge in [-0.15, -0.1) is 0 Å². The molecule has 1 saturated heterocycles. The first kappa shape index (κ1) is 14.4. The van der Waals surface area contributed by atoms with Crippen LogP contribution in [0.3, 0.4) is 0 Å². The summed E-state index contributed by atoms with van der Waals surface area (Å²) < 4.78 is 40.0. The minimum Gasteiger partial charge on any atom is -0.505 e. The predicted molar refractivity (Wildman–Crippen MR) is 66.3 cm³/mol. The van der Waals surface area contributed by atoms with Gasteiger partial charge in [0.25, 0.3) is 6.43 Å². The Hall–Kier alpha value is -0.980. The van der Waals surface area contributed by atoms with Crippen LogP contribution < -0.4 is 5.32 Å². The summed E-state index contributed by atoms with van der Waals surface area (Å²) in [6, 6.07) is 0.746. The van der Waals surface area contributed by atoms with Crippen molar-refractivity contribution in [3.8, 4) is 5.75 Å². The smallest absolute Gasteiger partial charge is 0.258 e. The lowest BCUT2D eigenvalue weighted by atomic mass is 10.0. The first-order chi connectivity index (χ1) is 9.02. The summed E-state index contributed by atoms with van der Waals surface area (Å²) in [5, 5.41) is 12.7. The van der Waals surface area contributed by atoms with Crippen molar-refractivity contribution < 1.29 is 18.3 Å². The molecule has 2 rings (SSSR count). The van der Waals surface area contributed by atoms with Crippen molar-refractivity contribution in [3.63, 3.8) is 0 Å². The molecule has 1 heterocycles. The Balaban J connectivity index is 2.41. The van der Waals surface area contributed by atoms with Crippen LogP contribution in [-0.2, 0) is 0 Å². The van der Waals surface area contributed by atoms with E-state index in [4.69, 9.17) is 11.6 Å². The second kappa shape index (κ2) is 5.98. The molecule has 0 radical (unpaired) electrons. The van der Waals surface area contributed by atoms with Gasteiger partial charge >= 0.3 is 0 Å². The summed E-state index contributed by atoms with van der Waals surface area (Å²) in [6.45, 7) is 1.91. The molecular weight excluding hydrogens is 281 g/mol. The van der Waals surface area contributed by atoms with Gasteiger partial charge in [-0.05, 0) is 12.1 Å². The standard InChI is InChI=1S/C12H14ClF3N2O/c13-7-1-2-8(14)11(19)9(7)10(12(15)16)18-5-3-17-4-6-18/h1-2,10,12,17,19H,3-6H2/t10-/m0/s1. The van der Waals surface area contributed by atoms with Crippen LogP contribution in [0.2, 0.25) is 5.02 Å². The normalized spacial score (nSPS) is 18.8. The Morgan fingerprint density at radius 3 is 2.47 bits per heavy atom. The molecule has 0 unspecified atom stereocenters. The van der Waals surface area contributed by atoms with Gasteiger partial charge in [-0.1, -0.05) is 11.6 Å². The van der Waals surface area contributed by atoms with Crippen LogP contribution in [0.25, 0.3) is 0 Å². The maximum Gasteiger partial charge on any atom is 0.258 e. The van der Waals surface area contributed by atoms with Crippen molar-refractivity contribution in [1.29, 1.82) is 0 Å². The highest BCUT2D eigenvalue weighted by Crippen LogP contribution is 2.39. The predicted octanol–water partition coefficient (Wildman–Crippen LogP) is 2.40. The van der Waals surface area contributed by atoms with E-state index in [-0.39, 0.29) is 10.6 Å². The molecule has 0 spiro atoms. The SMILES string of the molecule is Oc1c(F)ccc(Cl)c1[C@@H](C(F)F)N1CCNCC1. The van der Waals surface area contributed by atoms with Crippen LogP contribution in [0.15, 0.2) is 12.1 Å². The molecule has 106 valence electrons.